The number of methoxy groups -OCH3 is 2. The second-order valence-electron chi connectivity index (χ2n) is 2.66. The number of halogens is 4. The van der Waals surface area contributed by atoms with Crippen LogP contribution in [0.1, 0.15) is 5.56 Å². The fraction of sp³-hybridized carbons (Fsp3) is 0.333. The molecule has 0 saturated heterocycles. The lowest BCUT2D eigenvalue weighted by molar-refractivity contribution is -0.140. The molecule has 0 aromatic heterocycles. The van der Waals surface area contributed by atoms with Crippen LogP contribution in [0.4, 0.5) is 13.2 Å². The quantitative estimate of drug-likeness (QED) is 0.828. The molecule has 1 aromatic carbocycles. The first-order chi connectivity index (χ1) is 6.91. The summed E-state index contributed by atoms with van der Waals surface area (Å²) in [6, 6.07) is 2.67. The van der Waals surface area contributed by atoms with Gasteiger partial charge >= 0.3 is 6.18 Å². The van der Waals surface area contributed by atoms with E-state index in [4.69, 9.17) is 4.74 Å². The highest BCUT2D eigenvalue weighted by molar-refractivity contribution is 9.10. The summed E-state index contributed by atoms with van der Waals surface area (Å²) in [5, 5.41) is 0. The first kappa shape index (κ1) is 12.2. The lowest BCUT2D eigenvalue weighted by Crippen LogP contribution is -2.10. The Hall–Kier alpha value is -0.910. The van der Waals surface area contributed by atoms with Crippen LogP contribution >= 0.6 is 15.9 Å². The minimum atomic E-state index is -4.51. The molecule has 0 fully saturated rings. The molecule has 1 rings (SSSR count). The molecule has 0 aliphatic rings. The molecule has 0 spiro atoms. The number of hydrogen-bond acceptors (Lipinski definition) is 2. The van der Waals surface area contributed by atoms with Crippen LogP contribution in [0.5, 0.6) is 11.5 Å². The fourth-order valence-electron chi connectivity index (χ4n) is 1.18. The summed E-state index contributed by atoms with van der Waals surface area (Å²) in [6.45, 7) is 0. The van der Waals surface area contributed by atoms with Crippen LogP contribution in [-0.2, 0) is 6.18 Å². The van der Waals surface area contributed by atoms with Gasteiger partial charge in [0.2, 0.25) is 0 Å². The monoisotopic (exact) mass is 284 g/mol. The van der Waals surface area contributed by atoms with Crippen molar-refractivity contribution >= 4 is 15.9 Å². The molecule has 0 saturated carbocycles. The third-order valence-corrected chi connectivity index (χ3v) is 2.40. The highest BCUT2D eigenvalue weighted by atomic mass is 79.9. The molecule has 15 heavy (non-hydrogen) atoms. The van der Waals surface area contributed by atoms with Gasteiger partial charge in [-0.15, -0.1) is 0 Å². The first-order valence-corrected chi connectivity index (χ1v) is 4.68. The van der Waals surface area contributed by atoms with Crippen LogP contribution in [0.15, 0.2) is 16.6 Å². The van der Waals surface area contributed by atoms with E-state index in [1.54, 1.807) is 0 Å². The maximum absolute atomic E-state index is 12.7. The standard InChI is InChI=1S/C9H8BrF3O2/c1-14-6-4-3-5(10)8(15-2)7(6)9(11,12)13/h3-4H,1-2H3. The fourth-order valence-corrected chi connectivity index (χ4v) is 1.67. The van der Waals surface area contributed by atoms with Gasteiger partial charge in [-0.1, -0.05) is 0 Å². The van der Waals surface area contributed by atoms with Gasteiger partial charge in [0.05, 0.1) is 18.7 Å². The van der Waals surface area contributed by atoms with E-state index >= 15 is 0 Å². The molecule has 0 amide bonds. The molecule has 0 N–H and O–H groups in total. The molecule has 1 aromatic rings. The maximum atomic E-state index is 12.7. The largest absolute Gasteiger partial charge is 0.496 e. The zero-order valence-corrected chi connectivity index (χ0v) is 9.57. The second-order valence-corrected chi connectivity index (χ2v) is 3.51. The van der Waals surface area contributed by atoms with E-state index < -0.39 is 11.7 Å². The van der Waals surface area contributed by atoms with E-state index in [9.17, 15) is 13.2 Å². The Balaban J connectivity index is 3.48. The molecule has 0 aliphatic carbocycles. The van der Waals surface area contributed by atoms with Gasteiger partial charge in [0, 0.05) is 0 Å². The van der Waals surface area contributed by atoms with Crippen molar-refractivity contribution in [3.05, 3.63) is 22.2 Å². The summed E-state index contributed by atoms with van der Waals surface area (Å²) in [4.78, 5) is 0. The molecule has 0 aliphatic heterocycles. The van der Waals surface area contributed by atoms with Gasteiger partial charge in [0.15, 0.2) is 0 Å². The van der Waals surface area contributed by atoms with Crippen LogP contribution < -0.4 is 9.47 Å². The van der Waals surface area contributed by atoms with E-state index in [1.807, 2.05) is 0 Å². The number of hydrogen-bond donors (Lipinski definition) is 0. The van der Waals surface area contributed by atoms with E-state index in [0.717, 1.165) is 0 Å². The third-order valence-electron chi connectivity index (χ3n) is 1.78. The smallest absolute Gasteiger partial charge is 0.423 e. The molecular formula is C9H8BrF3O2. The molecule has 0 radical (unpaired) electrons. The van der Waals surface area contributed by atoms with Crippen LogP contribution in [0.2, 0.25) is 0 Å². The summed E-state index contributed by atoms with van der Waals surface area (Å²) in [5.74, 6) is -0.538. The van der Waals surface area contributed by atoms with Crippen LogP contribution in [0, 0.1) is 0 Å². The van der Waals surface area contributed by atoms with Crippen molar-refractivity contribution in [2.75, 3.05) is 14.2 Å². The Kier molecular flexibility index (Phi) is 3.49. The SMILES string of the molecule is COc1ccc(Br)c(OC)c1C(F)(F)F. The first-order valence-electron chi connectivity index (χ1n) is 3.89. The van der Waals surface area contributed by atoms with Crippen LogP contribution in [-0.4, -0.2) is 14.2 Å². The average Bonchev–Trinajstić information content (AvgIpc) is 2.15. The predicted molar refractivity (Wildman–Crippen MR) is 52.2 cm³/mol. The Bertz CT molecular complexity index is 363. The molecular weight excluding hydrogens is 277 g/mol. The average molecular weight is 285 g/mol. The van der Waals surface area contributed by atoms with Gasteiger partial charge in [-0.25, -0.2) is 0 Å². The van der Waals surface area contributed by atoms with E-state index in [1.165, 1.54) is 26.4 Å². The highest BCUT2D eigenvalue weighted by Gasteiger charge is 2.39. The van der Waals surface area contributed by atoms with Crippen molar-refractivity contribution in [2.24, 2.45) is 0 Å². The molecule has 0 unspecified atom stereocenters. The molecule has 0 heterocycles. The van der Waals surface area contributed by atoms with Crippen molar-refractivity contribution in [1.29, 1.82) is 0 Å². The van der Waals surface area contributed by atoms with Crippen molar-refractivity contribution in [1.82, 2.24) is 0 Å². The zero-order valence-electron chi connectivity index (χ0n) is 7.98. The summed E-state index contributed by atoms with van der Waals surface area (Å²) >= 11 is 2.98. The summed E-state index contributed by atoms with van der Waals surface area (Å²) in [5.41, 5.74) is -0.915. The topological polar surface area (TPSA) is 18.5 Å². The van der Waals surface area contributed by atoms with Crippen molar-refractivity contribution in [3.63, 3.8) is 0 Å². The highest BCUT2D eigenvalue weighted by Crippen LogP contribution is 2.45. The van der Waals surface area contributed by atoms with Crippen LogP contribution in [0.25, 0.3) is 0 Å². The molecule has 0 bridgehead atoms. The lowest BCUT2D eigenvalue weighted by Gasteiger charge is -2.16. The number of ether oxygens (including phenoxy) is 2. The van der Waals surface area contributed by atoms with E-state index in [0.29, 0.717) is 0 Å². The van der Waals surface area contributed by atoms with Gasteiger partial charge in [0.25, 0.3) is 0 Å². The number of alkyl halides is 3. The zero-order chi connectivity index (χ0) is 11.6. The van der Waals surface area contributed by atoms with Crippen molar-refractivity contribution < 1.29 is 22.6 Å². The molecule has 2 nitrogen and oxygen atoms in total. The Morgan fingerprint density at radius 1 is 1.13 bits per heavy atom. The van der Waals surface area contributed by atoms with E-state index in [-0.39, 0.29) is 16.0 Å². The summed E-state index contributed by atoms with van der Waals surface area (Å²) in [6.07, 6.45) is -4.51. The third kappa shape index (κ3) is 2.37. The lowest BCUT2D eigenvalue weighted by atomic mass is 10.1. The molecule has 0 atom stereocenters. The van der Waals surface area contributed by atoms with Gasteiger partial charge in [-0.05, 0) is 28.1 Å². The van der Waals surface area contributed by atoms with E-state index in [2.05, 4.69) is 20.7 Å². The number of rotatable bonds is 2. The Labute approximate surface area is 93.1 Å². The number of benzene rings is 1. The second kappa shape index (κ2) is 4.30. The predicted octanol–water partition coefficient (Wildman–Crippen LogP) is 3.49. The minimum Gasteiger partial charge on any atom is -0.496 e. The van der Waals surface area contributed by atoms with Crippen molar-refractivity contribution in [3.8, 4) is 11.5 Å². The van der Waals surface area contributed by atoms with Gasteiger partial charge in [-0.2, -0.15) is 13.2 Å². The summed E-state index contributed by atoms with van der Waals surface area (Å²) < 4.78 is 47.6. The molecule has 84 valence electrons. The van der Waals surface area contributed by atoms with Gasteiger partial charge < -0.3 is 9.47 Å². The minimum absolute atomic E-state index is 0.234. The van der Waals surface area contributed by atoms with Gasteiger partial charge in [0.1, 0.15) is 17.1 Å². The van der Waals surface area contributed by atoms with Gasteiger partial charge in [-0.3, -0.25) is 0 Å². The normalized spacial score (nSPS) is 11.3. The van der Waals surface area contributed by atoms with Crippen molar-refractivity contribution in [2.45, 2.75) is 6.18 Å². The summed E-state index contributed by atoms with van der Waals surface area (Å²) in [7, 11) is 2.35. The molecule has 6 heteroatoms. The Morgan fingerprint density at radius 2 is 1.73 bits per heavy atom. The van der Waals surface area contributed by atoms with Crippen LogP contribution in [0.3, 0.4) is 0 Å². The Morgan fingerprint density at radius 3 is 2.13 bits per heavy atom. The maximum Gasteiger partial charge on any atom is 0.423 e.